The van der Waals surface area contributed by atoms with Crippen LogP contribution in [0.15, 0.2) is 40.9 Å². The van der Waals surface area contributed by atoms with E-state index in [4.69, 9.17) is 16.0 Å². The third-order valence-corrected chi connectivity index (χ3v) is 3.95. The summed E-state index contributed by atoms with van der Waals surface area (Å²) in [5, 5.41) is 21.8. The molecule has 0 atom stereocenters. The first kappa shape index (κ1) is 17.4. The minimum absolute atomic E-state index is 0.109. The maximum absolute atomic E-state index is 10.8. The van der Waals surface area contributed by atoms with Gasteiger partial charge in [-0.1, -0.05) is 11.6 Å². The molecule has 0 unspecified atom stereocenters. The van der Waals surface area contributed by atoms with E-state index in [1.807, 2.05) is 0 Å². The zero-order valence-electron chi connectivity index (χ0n) is 13.3. The molecule has 0 radical (unpaired) electrons. The lowest BCUT2D eigenvalue weighted by Gasteiger charge is -2.00. The SMILES string of the molecule is Cn1c([N+](=O)[O-])cnc1/C=C/c1ccc(-c2ccc([N+](=O)[O-])cc2Cl)o1. The van der Waals surface area contributed by atoms with E-state index in [-0.39, 0.29) is 16.5 Å². The van der Waals surface area contributed by atoms with Crippen molar-refractivity contribution in [3.63, 3.8) is 0 Å². The molecule has 3 rings (SSSR count). The molecule has 0 saturated carbocycles. The monoisotopic (exact) mass is 374 g/mol. The summed E-state index contributed by atoms with van der Waals surface area (Å²) in [7, 11) is 1.54. The van der Waals surface area contributed by atoms with Crippen molar-refractivity contribution < 1.29 is 14.3 Å². The van der Waals surface area contributed by atoms with Crippen LogP contribution in [0.5, 0.6) is 0 Å². The van der Waals surface area contributed by atoms with E-state index in [1.165, 1.54) is 36.0 Å². The van der Waals surface area contributed by atoms with Crippen LogP contribution in [0.3, 0.4) is 0 Å². The average Bonchev–Trinajstić information content (AvgIpc) is 3.19. The lowest BCUT2D eigenvalue weighted by molar-refractivity contribution is -0.391. The molecule has 0 amide bonds. The second-order valence-electron chi connectivity index (χ2n) is 5.25. The minimum atomic E-state index is -0.530. The first-order valence-electron chi connectivity index (χ1n) is 7.25. The second kappa shape index (κ2) is 6.81. The van der Waals surface area contributed by atoms with Crippen LogP contribution < -0.4 is 0 Å². The van der Waals surface area contributed by atoms with Crippen molar-refractivity contribution in [3.05, 3.63) is 73.4 Å². The van der Waals surface area contributed by atoms with Gasteiger partial charge in [-0.25, -0.2) is 9.55 Å². The van der Waals surface area contributed by atoms with Crippen molar-refractivity contribution in [1.29, 1.82) is 0 Å². The lowest BCUT2D eigenvalue weighted by atomic mass is 10.1. The third-order valence-electron chi connectivity index (χ3n) is 3.64. The number of nitro groups is 2. The van der Waals surface area contributed by atoms with Gasteiger partial charge in [0.25, 0.3) is 5.69 Å². The van der Waals surface area contributed by atoms with Crippen LogP contribution in [0.1, 0.15) is 11.6 Å². The van der Waals surface area contributed by atoms with E-state index in [0.717, 1.165) is 0 Å². The maximum Gasteiger partial charge on any atom is 0.342 e. The number of nitrogens with zero attached hydrogens (tertiary/aromatic N) is 4. The molecule has 10 heteroatoms. The summed E-state index contributed by atoms with van der Waals surface area (Å²) in [5.41, 5.74) is 0.409. The molecule has 0 aliphatic rings. The predicted octanol–water partition coefficient (Wildman–Crippen LogP) is 4.32. The highest BCUT2D eigenvalue weighted by Gasteiger charge is 2.15. The Morgan fingerprint density at radius 2 is 1.92 bits per heavy atom. The zero-order valence-corrected chi connectivity index (χ0v) is 14.1. The van der Waals surface area contributed by atoms with E-state index in [2.05, 4.69) is 4.98 Å². The number of benzene rings is 1. The molecular formula is C16H11ClN4O5. The number of hydrogen-bond acceptors (Lipinski definition) is 6. The Labute approximate surface area is 151 Å². The fourth-order valence-corrected chi connectivity index (χ4v) is 2.57. The van der Waals surface area contributed by atoms with E-state index in [1.54, 1.807) is 24.3 Å². The molecule has 2 heterocycles. The Morgan fingerprint density at radius 1 is 1.15 bits per heavy atom. The Morgan fingerprint density at radius 3 is 2.54 bits per heavy atom. The molecule has 26 heavy (non-hydrogen) atoms. The second-order valence-corrected chi connectivity index (χ2v) is 5.65. The number of rotatable bonds is 5. The fraction of sp³-hybridized carbons (Fsp3) is 0.0625. The summed E-state index contributed by atoms with van der Waals surface area (Å²) < 4.78 is 7.00. The van der Waals surface area contributed by atoms with Crippen LogP contribution in [-0.4, -0.2) is 19.4 Å². The summed E-state index contributed by atoms with van der Waals surface area (Å²) in [6.45, 7) is 0. The number of halogens is 1. The van der Waals surface area contributed by atoms with E-state index < -0.39 is 9.85 Å². The number of aromatic nitrogens is 2. The molecule has 0 spiro atoms. The number of non-ortho nitro benzene ring substituents is 1. The molecule has 0 aliphatic carbocycles. The number of furan rings is 1. The third kappa shape index (κ3) is 3.33. The van der Waals surface area contributed by atoms with Gasteiger partial charge in [-0.05, 0) is 29.2 Å². The summed E-state index contributed by atoms with van der Waals surface area (Å²) in [6, 6.07) is 7.46. The lowest BCUT2D eigenvalue weighted by Crippen LogP contribution is -1.98. The molecule has 1 aromatic carbocycles. The molecule has 2 aromatic heterocycles. The first-order valence-corrected chi connectivity index (χ1v) is 7.63. The van der Waals surface area contributed by atoms with Crippen molar-refractivity contribution in [3.8, 4) is 11.3 Å². The van der Waals surface area contributed by atoms with Crippen molar-refractivity contribution in [1.82, 2.24) is 9.55 Å². The van der Waals surface area contributed by atoms with Gasteiger partial charge in [0.2, 0.25) is 5.82 Å². The van der Waals surface area contributed by atoms with Gasteiger partial charge in [-0.2, -0.15) is 0 Å². The number of imidazole rings is 1. The van der Waals surface area contributed by atoms with E-state index in [9.17, 15) is 20.2 Å². The number of hydrogen-bond donors (Lipinski definition) is 0. The number of nitro benzene ring substituents is 1. The zero-order chi connectivity index (χ0) is 18.8. The highest BCUT2D eigenvalue weighted by Crippen LogP contribution is 2.32. The summed E-state index contributed by atoms with van der Waals surface area (Å²) in [6.07, 6.45) is 4.35. The maximum atomic E-state index is 10.8. The average molecular weight is 375 g/mol. The molecule has 0 fully saturated rings. The van der Waals surface area contributed by atoms with Crippen LogP contribution in [0.25, 0.3) is 23.5 Å². The van der Waals surface area contributed by atoms with Crippen molar-refractivity contribution in [2.75, 3.05) is 0 Å². The Balaban J connectivity index is 1.84. The van der Waals surface area contributed by atoms with Crippen LogP contribution in [0.4, 0.5) is 11.5 Å². The molecule has 0 saturated heterocycles. The van der Waals surface area contributed by atoms with Crippen LogP contribution >= 0.6 is 11.6 Å². The Bertz CT molecular complexity index is 1040. The topological polar surface area (TPSA) is 117 Å². The Kier molecular flexibility index (Phi) is 4.55. The van der Waals surface area contributed by atoms with Crippen LogP contribution in [-0.2, 0) is 7.05 Å². The van der Waals surface area contributed by atoms with E-state index in [0.29, 0.717) is 22.9 Å². The predicted molar refractivity (Wildman–Crippen MR) is 94.6 cm³/mol. The van der Waals surface area contributed by atoms with Crippen LogP contribution in [0, 0.1) is 20.2 Å². The Hall–Kier alpha value is -3.46. The van der Waals surface area contributed by atoms with Gasteiger partial charge in [0.15, 0.2) is 0 Å². The molecule has 0 aliphatic heterocycles. The molecular weight excluding hydrogens is 364 g/mol. The van der Waals surface area contributed by atoms with Gasteiger partial charge >= 0.3 is 5.82 Å². The van der Waals surface area contributed by atoms with E-state index >= 15 is 0 Å². The smallest absolute Gasteiger partial charge is 0.342 e. The summed E-state index contributed by atoms with van der Waals surface area (Å²) in [5.74, 6) is 1.18. The molecule has 0 N–H and O–H groups in total. The van der Waals surface area contributed by atoms with Gasteiger partial charge in [0.1, 0.15) is 17.7 Å². The molecule has 9 nitrogen and oxygen atoms in total. The van der Waals surface area contributed by atoms with Crippen molar-refractivity contribution in [2.45, 2.75) is 0 Å². The van der Waals surface area contributed by atoms with Gasteiger partial charge < -0.3 is 14.5 Å². The standard InChI is InChI=1S/C16H11ClN4O5/c1-19-15(18-9-16(19)21(24)25)7-4-11-3-6-14(26-11)12-5-2-10(20(22)23)8-13(12)17/h2-9H,1H3/b7-4+. The normalized spacial score (nSPS) is 11.2. The summed E-state index contributed by atoms with van der Waals surface area (Å²) in [4.78, 5) is 24.5. The quantitative estimate of drug-likeness (QED) is 0.484. The van der Waals surface area contributed by atoms with Gasteiger partial charge in [0.05, 0.1) is 17.0 Å². The molecule has 0 bridgehead atoms. The van der Waals surface area contributed by atoms with Gasteiger partial charge in [0, 0.05) is 23.8 Å². The minimum Gasteiger partial charge on any atom is -0.457 e. The van der Waals surface area contributed by atoms with Crippen molar-refractivity contribution in [2.24, 2.45) is 7.05 Å². The van der Waals surface area contributed by atoms with Crippen molar-refractivity contribution >= 4 is 35.3 Å². The first-order chi connectivity index (χ1) is 12.4. The van der Waals surface area contributed by atoms with Gasteiger partial charge in [-0.3, -0.25) is 10.1 Å². The largest absolute Gasteiger partial charge is 0.457 e. The van der Waals surface area contributed by atoms with Crippen LogP contribution in [0.2, 0.25) is 5.02 Å². The van der Waals surface area contributed by atoms with Gasteiger partial charge in [-0.15, -0.1) is 0 Å². The fourth-order valence-electron chi connectivity index (χ4n) is 2.30. The molecule has 3 aromatic rings. The highest BCUT2D eigenvalue weighted by molar-refractivity contribution is 6.33. The summed E-state index contributed by atoms with van der Waals surface area (Å²) >= 11 is 6.08. The molecule has 132 valence electrons. The highest BCUT2D eigenvalue weighted by atomic mass is 35.5.